The minimum absolute atomic E-state index is 0.906. The lowest BCUT2D eigenvalue weighted by Gasteiger charge is -2.15. The average molecular weight is 725 g/mol. The molecule has 3 heteroatoms. The van der Waals surface area contributed by atoms with Crippen LogP contribution in [0.5, 0.6) is 0 Å². The van der Waals surface area contributed by atoms with Crippen molar-refractivity contribution in [1.29, 1.82) is 0 Å². The molecule has 1 aliphatic heterocycles. The van der Waals surface area contributed by atoms with Crippen LogP contribution in [0.25, 0.3) is 121 Å². The van der Waals surface area contributed by atoms with Crippen molar-refractivity contribution >= 4 is 65.6 Å². The van der Waals surface area contributed by atoms with E-state index in [1.807, 2.05) is 6.07 Å². The molecule has 9 aromatic carbocycles. The van der Waals surface area contributed by atoms with Gasteiger partial charge in [-0.3, -0.25) is 0 Å². The molecule has 0 bridgehead atoms. The molecule has 0 fully saturated rings. The molecular formula is C54H32N2O. The van der Waals surface area contributed by atoms with E-state index in [4.69, 9.17) is 4.42 Å². The molecule has 0 N–H and O–H groups in total. The van der Waals surface area contributed by atoms with E-state index in [-0.39, 0.29) is 0 Å². The monoisotopic (exact) mass is 724 g/mol. The number of fused-ring (bicyclic) bond motifs is 14. The SMILES string of the molecule is c1ccc(-n2c3ccccc3c3c(-c4cc5c6c(c4)c4ccccc4n6-c4ccc(-c6cccc7oc8ccccc8c67)cc4-c4ccccc4-5)cccc32)cc1. The summed E-state index contributed by atoms with van der Waals surface area (Å²) >= 11 is 0. The molecule has 0 aliphatic carbocycles. The molecular weight excluding hydrogens is 693 g/mol. The summed E-state index contributed by atoms with van der Waals surface area (Å²) in [6.07, 6.45) is 0. The lowest BCUT2D eigenvalue weighted by molar-refractivity contribution is 0.669. The van der Waals surface area contributed by atoms with Gasteiger partial charge >= 0.3 is 0 Å². The molecule has 0 unspecified atom stereocenters. The third-order valence-electron chi connectivity index (χ3n) is 12.3. The van der Waals surface area contributed by atoms with Gasteiger partial charge in [0, 0.05) is 49.1 Å². The molecule has 264 valence electrons. The fraction of sp³-hybridized carbons (Fsp3) is 0. The number of aromatic nitrogens is 2. The van der Waals surface area contributed by atoms with Crippen LogP contribution in [0.4, 0.5) is 0 Å². The molecule has 3 nitrogen and oxygen atoms in total. The highest BCUT2D eigenvalue weighted by molar-refractivity contribution is 6.21. The maximum absolute atomic E-state index is 6.34. The number of furan rings is 1. The summed E-state index contributed by atoms with van der Waals surface area (Å²) < 4.78 is 11.3. The normalized spacial score (nSPS) is 12.2. The summed E-state index contributed by atoms with van der Waals surface area (Å²) in [6, 6.07) is 70.9. The maximum Gasteiger partial charge on any atom is 0.136 e. The summed E-state index contributed by atoms with van der Waals surface area (Å²) in [5.74, 6) is 0. The zero-order chi connectivity index (χ0) is 37.2. The number of benzene rings is 9. The zero-order valence-electron chi connectivity index (χ0n) is 30.8. The summed E-state index contributed by atoms with van der Waals surface area (Å²) in [6.45, 7) is 0. The third kappa shape index (κ3) is 4.20. The number of hydrogen-bond donors (Lipinski definition) is 0. The van der Waals surface area contributed by atoms with E-state index in [1.165, 1.54) is 93.8 Å². The van der Waals surface area contributed by atoms with Crippen LogP contribution in [0.2, 0.25) is 0 Å². The third-order valence-corrected chi connectivity index (χ3v) is 12.3. The molecule has 13 rings (SSSR count). The Kier molecular flexibility index (Phi) is 6.16. The first-order valence-corrected chi connectivity index (χ1v) is 19.6. The Balaban J connectivity index is 1.11. The van der Waals surface area contributed by atoms with Crippen molar-refractivity contribution in [3.05, 3.63) is 194 Å². The van der Waals surface area contributed by atoms with Crippen LogP contribution in [-0.2, 0) is 0 Å². The Bertz CT molecular complexity index is 3640. The highest BCUT2D eigenvalue weighted by Gasteiger charge is 2.27. The molecule has 0 atom stereocenters. The average Bonchev–Trinajstić information content (AvgIpc) is 3.91. The lowest BCUT2D eigenvalue weighted by Crippen LogP contribution is -1.96. The van der Waals surface area contributed by atoms with Crippen LogP contribution in [0, 0.1) is 0 Å². The van der Waals surface area contributed by atoms with E-state index in [0.29, 0.717) is 0 Å². The van der Waals surface area contributed by atoms with Crippen molar-refractivity contribution in [2.24, 2.45) is 0 Å². The maximum atomic E-state index is 6.34. The van der Waals surface area contributed by atoms with Crippen LogP contribution in [0.1, 0.15) is 0 Å². The Hall–Kier alpha value is -7.62. The van der Waals surface area contributed by atoms with Crippen molar-refractivity contribution in [3.63, 3.8) is 0 Å². The van der Waals surface area contributed by atoms with Crippen molar-refractivity contribution in [2.45, 2.75) is 0 Å². The molecule has 0 spiro atoms. The van der Waals surface area contributed by atoms with Gasteiger partial charge in [0.25, 0.3) is 0 Å². The van der Waals surface area contributed by atoms with Gasteiger partial charge in [0.05, 0.1) is 27.8 Å². The van der Waals surface area contributed by atoms with Crippen molar-refractivity contribution in [3.8, 4) is 55.9 Å². The number of nitrogens with zero attached hydrogens (tertiary/aromatic N) is 2. The second kappa shape index (κ2) is 11.5. The number of para-hydroxylation sites is 4. The van der Waals surface area contributed by atoms with Gasteiger partial charge in [0.15, 0.2) is 0 Å². The van der Waals surface area contributed by atoms with E-state index in [2.05, 4.69) is 197 Å². The smallest absolute Gasteiger partial charge is 0.136 e. The predicted molar refractivity (Wildman–Crippen MR) is 238 cm³/mol. The van der Waals surface area contributed by atoms with Crippen LogP contribution in [-0.4, -0.2) is 9.13 Å². The van der Waals surface area contributed by atoms with Crippen molar-refractivity contribution in [2.75, 3.05) is 0 Å². The van der Waals surface area contributed by atoms with E-state index in [1.54, 1.807) is 0 Å². The van der Waals surface area contributed by atoms with Gasteiger partial charge in [0.2, 0.25) is 0 Å². The second-order valence-corrected chi connectivity index (χ2v) is 15.2. The van der Waals surface area contributed by atoms with Gasteiger partial charge in [-0.25, -0.2) is 0 Å². The van der Waals surface area contributed by atoms with Gasteiger partial charge in [-0.15, -0.1) is 0 Å². The standard InChI is InChI=1S/C54H32N2O/c1-2-14-35(15-3-1)55-47-24-10-7-19-41(47)52-37(21-12-25-49(52)55)34-31-44-39-17-5-4-16-38(39)43-30-33(36-22-13-27-51-53(36)42-20-8-11-26-50(42)57-51)28-29-48(43)56-46-23-9-6-18-40(46)45(32-34)54(44)56/h1-32H. The van der Waals surface area contributed by atoms with Gasteiger partial charge in [-0.2, -0.15) is 0 Å². The van der Waals surface area contributed by atoms with Crippen molar-refractivity contribution in [1.82, 2.24) is 9.13 Å². The quantitative estimate of drug-likeness (QED) is 0.178. The largest absolute Gasteiger partial charge is 0.456 e. The lowest BCUT2D eigenvalue weighted by atomic mass is 9.89. The predicted octanol–water partition coefficient (Wildman–Crippen LogP) is 14.8. The van der Waals surface area contributed by atoms with Crippen molar-refractivity contribution < 1.29 is 4.42 Å². The Morgan fingerprint density at radius 2 is 0.912 bits per heavy atom. The summed E-state index contributed by atoms with van der Waals surface area (Å²) in [5.41, 5.74) is 18.7. The van der Waals surface area contributed by atoms with Gasteiger partial charge in [-0.1, -0.05) is 127 Å². The Labute approximate surface area is 327 Å². The van der Waals surface area contributed by atoms with Gasteiger partial charge in [-0.05, 0) is 100 Å². The topological polar surface area (TPSA) is 23.0 Å². The van der Waals surface area contributed by atoms with E-state index >= 15 is 0 Å². The van der Waals surface area contributed by atoms with Gasteiger partial charge in [0.1, 0.15) is 11.2 Å². The van der Waals surface area contributed by atoms with Gasteiger partial charge < -0.3 is 13.6 Å². The highest BCUT2D eigenvalue weighted by Crippen LogP contribution is 2.50. The minimum atomic E-state index is 0.906. The molecule has 12 aromatic rings. The first-order valence-electron chi connectivity index (χ1n) is 19.6. The summed E-state index contributed by atoms with van der Waals surface area (Å²) in [7, 11) is 0. The molecule has 3 aromatic heterocycles. The first-order chi connectivity index (χ1) is 28.3. The summed E-state index contributed by atoms with van der Waals surface area (Å²) in [4.78, 5) is 0. The molecule has 0 radical (unpaired) electrons. The van der Waals surface area contributed by atoms with Crippen LogP contribution in [0.3, 0.4) is 0 Å². The highest BCUT2D eigenvalue weighted by atomic mass is 16.3. The molecule has 0 saturated heterocycles. The Morgan fingerprint density at radius 1 is 0.316 bits per heavy atom. The van der Waals surface area contributed by atoms with E-state index < -0.39 is 0 Å². The van der Waals surface area contributed by atoms with E-state index in [0.717, 1.165) is 27.6 Å². The van der Waals surface area contributed by atoms with E-state index in [9.17, 15) is 0 Å². The van der Waals surface area contributed by atoms with Crippen LogP contribution < -0.4 is 0 Å². The molecule has 0 amide bonds. The number of rotatable bonds is 3. The molecule has 57 heavy (non-hydrogen) atoms. The molecule has 4 heterocycles. The summed E-state index contributed by atoms with van der Waals surface area (Å²) in [5, 5.41) is 7.31. The number of hydrogen-bond acceptors (Lipinski definition) is 1. The first kappa shape index (κ1) is 30.7. The zero-order valence-corrected chi connectivity index (χ0v) is 30.8. The fourth-order valence-corrected chi connectivity index (χ4v) is 9.91. The minimum Gasteiger partial charge on any atom is -0.456 e. The Morgan fingerprint density at radius 3 is 1.75 bits per heavy atom. The molecule has 1 aliphatic rings. The second-order valence-electron chi connectivity index (χ2n) is 15.2. The molecule has 0 saturated carbocycles. The fourth-order valence-electron chi connectivity index (χ4n) is 9.91. The van der Waals surface area contributed by atoms with Crippen LogP contribution in [0.15, 0.2) is 199 Å². The van der Waals surface area contributed by atoms with Crippen LogP contribution >= 0.6 is 0 Å².